The first-order chi connectivity index (χ1) is 10.1. The largest absolute Gasteiger partial charge is 0.493 e. The van der Waals surface area contributed by atoms with E-state index >= 15 is 0 Å². The normalized spacial score (nSPS) is 10.0. The summed E-state index contributed by atoms with van der Waals surface area (Å²) in [6.45, 7) is 1.86. The molecule has 0 aliphatic carbocycles. The van der Waals surface area contributed by atoms with Crippen LogP contribution in [0.5, 0.6) is 11.5 Å². The molecule has 112 valence electrons. The summed E-state index contributed by atoms with van der Waals surface area (Å²) in [5.74, 6) is 2.15. The number of hydrogen-bond acceptors (Lipinski definition) is 6. The number of benzene rings is 1. The lowest BCUT2D eigenvalue weighted by Crippen LogP contribution is -2.21. The molecule has 0 saturated carbocycles. The van der Waals surface area contributed by atoms with Crippen molar-refractivity contribution < 1.29 is 18.8 Å². The van der Waals surface area contributed by atoms with Gasteiger partial charge in [0.1, 0.15) is 5.76 Å². The molecule has 0 spiro atoms. The van der Waals surface area contributed by atoms with Crippen molar-refractivity contribution in [2.75, 3.05) is 31.4 Å². The number of carbonyl (C=O) groups excluding carboxylic acids is 1. The molecular weight excluding hydrogens is 274 g/mol. The summed E-state index contributed by atoms with van der Waals surface area (Å²) in [6.07, 6.45) is 0. The van der Waals surface area contributed by atoms with Crippen LogP contribution in [0.1, 0.15) is 5.76 Å². The Morgan fingerprint density at radius 1 is 1.24 bits per heavy atom. The maximum absolute atomic E-state index is 11.8. The van der Waals surface area contributed by atoms with Gasteiger partial charge < -0.3 is 24.6 Å². The number of carbonyl (C=O) groups is 1. The van der Waals surface area contributed by atoms with Gasteiger partial charge in [-0.1, -0.05) is 5.16 Å². The van der Waals surface area contributed by atoms with Crippen molar-refractivity contribution in [2.24, 2.45) is 0 Å². The van der Waals surface area contributed by atoms with Gasteiger partial charge in [-0.3, -0.25) is 4.79 Å². The second-order valence-corrected chi connectivity index (χ2v) is 4.29. The van der Waals surface area contributed by atoms with E-state index in [1.54, 1.807) is 38.3 Å². The minimum atomic E-state index is -0.206. The van der Waals surface area contributed by atoms with Gasteiger partial charge in [0, 0.05) is 17.8 Å². The van der Waals surface area contributed by atoms with Crippen LogP contribution in [0.15, 0.2) is 28.8 Å². The van der Waals surface area contributed by atoms with Crippen molar-refractivity contribution in [3.63, 3.8) is 0 Å². The van der Waals surface area contributed by atoms with E-state index in [-0.39, 0.29) is 12.5 Å². The van der Waals surface area contributed by atoms with Gasteiger partial charge in [0.2, 0.25) is 5.91 Å². The monoisotopic (exact) mass is 291 g/mol. The van der Waals surface area contributed by atoms with E-state index in [1.807, 2.05) is 0 Å². The molecule has 2 rings (SSSR count). The smallest absolute Gasteiger partial charge is 0.243 e. The van der Waals surface area contributed by atoms with E-state index in [9.17, 15) is 4.79 Å². The quantitative estimate of drug-likeness (QED) is 0.847. The highest BCUT2D eigenvalue weighted by molar-refractivity contribution is 5.93. The summed E-state index contributed by atoms with van der Waals surface area (Å²) in [6, 6.07) is 6.86. The van der Waals surface area contributed by atoms with Crippen molar-refractivity contribution >= 4 is 17.4 Å². The van der Waals surface area contributed by atoms with Crippen LogP contribution in [0.3, 0.4) is 0 Å². The first kappa shape index (κ1) is 14.7. The van der Waals surface area contributed by atoms with Gasteiger partial charge in [-0.15, -0.1) is 0 Å². The summed E-state index contributed by atoms with van der Waals surface area (Å²) >= 11 is 0. The summed E-state index contributed by atoms with van der Waals surface area (Å²) in [7, 11) is 3.10. The number of nitrogens with zero attached hydrogens (tertiary/aromatic N) is 1. The van der Waals surface area contributed by atoms with Gasteiger partial charge in [0.25, 0.3) is 0 Å². The Bertz CT molecular complexity index is 624. The van der Waals surface area contributed by atoms with Gasteiger partial charge in [0.05, 0.1) is 20.8 Å². The van der Waals surface area contributed by atoms with Gasteiger partial charge >= 0.3 is 0 Å². The Balaban J connectivity index is 1.93. The molecule has 1 aromatic carbocycles. The molecule has 1 heterocycles. The van der Waals surface area contributed by atoms with Crippen molar-refractivity contribution in [3.8, 4) is 11.5 Å². The molecule has 0 fully saturated rings. The number of aromatic nitrogens is 1. The van der Waals surface area contributed by atoms with E-state index in [0.717, 1.165) is 0 Å². The predicted molar refractivity (Wildman–Crippen MR) is 77.9 cm³/mol. The van der Waals surface area contributed by atoms with Crippen molar-refractivity contribution in [3.05, 3.63) is 30.0 Å². The number of amides is 1. The predicted octanol–water partition coefficient (Wildman–Crippen LogP) is 2.05. The number of methoxy groups -OCH3 is 2. The van der Waals surface area contributed by atoms with E-state index in [1.165, 1.54) is 7.11 Å². The Labute approximate surface area is 122 Å². The standard InChI is InChI=1S/C14H17N3O4/c1-9-6-13(17-21-9)15-8-14(18)16-10-4-5-11(19-2)12(7-10)20-3/h4-7H,8H2,1-3H3,(H,15,17)(H,16,18). The zero-order valence-electron chi connectivity index (χ0n) is 12.1. The van der Waals surface area contributed by atoms with Crippen LogP contribution >= 0.6 is 0 Å². The SMILES string of the molecule is COc1ccc(NC(=O)CNc2cc(C)on2)cc1OC. The Hall–Kier alpha value is -2.70. The first-order valence-electron chi connectivity index (χ1n) is 6.31. The fourth-order valence-electron chi connectivity index (χ4n) is 1.74. The third-order valence-corrected chi connectivity index (χ3v) is 2.73. The molecule has 1 aromatic heterocycles. The fourth-order valence-corrected chi connectivity index (χ4v) is 1.74. The zero-order valence-corrected chi connectivity index (χ0v) is 12.1. The van der Waals surface area contributed by atoms with E-state index in [4.69, 9.17) is 14.0 Å². The lowest BCUT2D eigenvalue weighted by molar-refractivity contribution is -0.114. The fraction of sp³-hybridized carbons (Fsp3) is 0.286. The topological polar surface area (TPSA) is 85.6 Å². The van der Waals surface area contributed by atoms with Crippen LogP contribution in [-0.2, 0) is 4.79 Å². The molecule has 0 atom stereocenters. The molecule has 0 bridgehead atoms. The zero-order chi connectivity index (χ0) is 15.2. The second-order valence-electron chi connectivity index (χ2n) is 4.29. The van der Waals surface area contributed by atoms with E-state index in [0.29, 0.717) is 28.8 Å². The van der Waals surface area contributed by atoms with Crippen LogP contribution in [0.25, 0.3) is 0 Å². The Morgan fingerprint density at radius 3 is 2.62 bits per heavy atom. The molecule has 2 N–H and O–H groups in total. The van der Waals surface area contributed by atoms with E-state index in [2.05, 4.69) is 15.8 Å². The molecule has 2 aromatic rings. The highest BCUT2D eigenvalue weighted by atomic mass is 16.5. The van der Waals surface area contributed by atoms with Crippen LogP contribution in [0, 0.1) is 6.92 Å². The number of anilines is 2. The van der Waals surface area contributed by atoms with Gasteiger partial charge in [-0.05, 0) is 19.1 Å². The molecule has 0 aliphatic heterocycles. The highest BCUT2D eigenvalue weighted by Crippen LogP contribution is 2.29. The van der Waals surface area contributed by atoms with Crippen molar-refractivity contribution in [1.29, 1.82) is 0 Å². The lowest BCUT2D eigenvalue weighted by Gasteiger charge is -2.10. The maximum atomic E-state index is 11.8. The van der Waals surface area contributed by atoms with Crippen molar-refractivity contribution in [1.82, 2.24) is 5.16 Å². The average molecular weight is 291 g/mol. The van der Waals surface area contributed by atoms with Gasteiger partial charge in [-0.2, -0.15) is 0 Å². The number of ether oxygens (including phenoxy) is 2. The maximum Gasteiger partial charge on any atom is 0.243 e. The molecule has 0 saturated heterocycles. The molecule has 0 radical (unpaired) electrons. The van der Waals surface area contributed by atoms with Crippen LogP contribution < -0.4 is 20.1 Å². The summed E-state index contributed by atoms with van der Waals surface area (Å²) in [5.41, 5.74) is 0.621. The number of nitrogens with one attached hydrogen (secondary N) is 2. The van der Waals surface area contributed by atoms with Crippen molar-refractivity contribution in [2.45, 2.75) is 6.92 Å². The van der Waals surface area contributed by atoms with Gasteiger partial charge in [0.15, 0.2) is 17.3 Å². The minimum absolute atomic E-state index is 0.0836. The highest BCUT2D eigenvalue weighted by Gasteiger charge is 2.08. The average Bonchev–Trinajstić information content (AvgIpc) is 2.90. The third kappa shape index (κ3) is 3.88. The number of hydrogen-bond donors (Lipinski definition) is 2. The summed E-state index contributed by atoms with van der Waals surface area (Å²) < 4.78 is 15.2. The molecule has 0 unspecified atom stereocenters. The molecule has 1 amide bonds. The third-order valence-electron chi connectivity index (χ3n) is 2.73. The second kappa shape index (κ2) is 6.65. The molecule has 7 heteroatoms. The van der Waals surface area contributed by atoms with Crippen LogP contribution in [0.2, 0.25) is 0 Å². The van der Waals surface area contributed by atoms with Gasteiger partial charge in [-0.25, -0.2) is 0 Å². The Morgan fingerprint density at radius 2 is 2.00 bits per heavy atom. The summed E-state index contributed by atoms with van der Waals surface area (Å²) in [5, 5.41) is 9.36. The minimum Gasteiger partial charge on any atom is -0.493 e. The number of aryl methyl sites for hydroxylation is 1. The first-order valence-corrected chi connectivity index (χ1v) is 6.31. The molecule has 21 heavy (non-hydrogen) atoms. The Kier molecular flexibility index (Phi) is 4.65. The molecule has 0 aliphatic rings. The molecule has 7 nitrogen and oxygen atoms in total. The van der Waals surface area contributed by atoms with Crippen LogP contribution in [-0.4, -0.2) is 31.8 Å². The summed E-state index contributed by atoms with van der Waals surface area (Å²) in [4.78, 5) is 11.8. The van der Waals surface area contributed by atoms with E-state index < -0.39 is 0 Å². The number of rotatable bonds is 6. The molecular formula is C14H17N3O4. The van der Waals surface area contributed by atoms with Crippen LogP contribution in [0.4, 0.5) is 11.5 Å². The lowest BCUT2D eigenvalue weighted by atomic mass is 10.2.